The van der Waals surface area contributed by atoms with Crippen molar-refractivity contribution in [3.8, 4) is 0 Å². The largest absolute Gasteiger partial charge is 0.368 e. The second-order valence-corrected chi connectivity index (χ2v) is 5.33. The molecule has 102 valence electrons. The summed E-state index contributed by atoms with van der Waals surface area (Å²) >= 11 is 3.18. The van der Waals surface area contributed by atoms with E-state index in [-0.39, 0.29) is 11.6 Å². The maximum Gasteiger partial charge on any atom is 0.166 e. The summed E-state index contributed by atoms with van der Waals surface area (Å²) in [6.07, 6.45) is 2.44. The predicted molar refractivity (Wildman–Crippen MR) is 76.7 cm³/mol. The van der Waals surface area contributed by atoms with E-state index < -0.39 is 0 Å². The van der Waals surface area contributed by atoms with Gasteiger partial charge in [0.25, 0.3) is 0 Å². The van der Waals surface area contributed by atoms with E-state index >= 15 is 0 Å². The van der Waals surface area contributed by atoms with Crippen molar-refractivity contribution in [1.82, 2.24) is 14.8 Å². The van der Waals surface area contributed by atoms with Gasteiger partial charge in [-0.2, -0.15) is 5.10 Å². The Kier molecular flexibility index (Phi) is 4.52. The van der Waals surface area contributed by atoms with Crippen LogP contribution in [0.15, 0.2) is 22.8 Å². The van der Waals surface area contributed by atoms with Gasteiger partial charge in [0.15, 0.2) is 11.6 Å². The number of rotatable bonds is 5. The Labute approximate surface area is 120 Å². The smallest absolute Gasteiger partial charge is 0.166 e. The van der Waals surface area contributed by atoms with Crippen molar-refractivity contribution in [3.05, 3.63) is 40.0 Å². The second kappa shape index (κ2) is 6.14. The second-order valence-electron chi connectivity index (χ2n) is 4.41. The fourth-order valence-corrected chi connectivity index (χ4v) is 2.18. The molecule has 0 aliphatic rings. The van der Waals surface area contributed by atoms with Crippen LogP contribution >= 0.6 is 15.9 Å². The highest BCUT2D eigenvalue weighted by Gasteiger charge is 2.04. The van der Waals surface area contributed by atoms with Crippen LogP contribution in [0.3, 0.4) is 0 Å². The van der Waals surface area contributed by atoms with Gasteiger partial charge in [-0.3, -0.25) is 4.68 Å². The number of anilines is 1. The lowest BCUT2D eigenvalue weighted by molar-refractivity contribution is 0.571. The molecular weight excluding hydrogens is 311 g/mol. The average Bonchev–Trinajstić information content (AvgIpc) is 2.65. The fraction of sp³-hybridized carbons (Fsp3) is 0.385. The van der Waals surface area contributed by atoms with Crippen molar-refractivity contribution < 1.29 is 4.39 Å². The first kappa shape index (κ1) is 14.0. The van der Waals surface area contributed by atoms with Crippen LogP contribution < -0.4 is 5.32 Å². The van der Waals surface area contributed by atoms with Gasteiger partial charge in [-0.15, -0.1) is 0 Å². The molecule has 0 aliphatic carbocycles. The molecule has 0 saturated heterocycles. The number of nitrogens with one attached hydrogen (secondary N) is 1. The van der Waals surface area contributed by atoms with Crippen LogP contribution in [0.5, 0.6) is 0 Å². The first-order chi connectivity index (χ1) is 9.06. The van der Waals surface area contributed by atoms with Crippen molar-refractivity contribution in [1.29, 1.82) is 0 Å². The van der Waals surface area contributed by atoms with E-state index in [2.05, 4.69) is 31.3 Å². The van der Waals surface area contributed by atoms with E-state index in [1.54, 1.807) is 6.20 Å². The molecule has 6 heteroatoms. The summed E-state index contributed by atoms with van der Waals surface area (Å²) in [7, 11) is 0. The van der Waals surface area contributed by atoms with E-state index in [1.807, 2.05) is 24.6 Å². The Hall–Kier alpha value is -1.43. The third kappa shape index (κ3) is 3.76. The highest BCUT2D eigenvalue weighted by Crippen LogP contribution is 2.15. The maximum atomic E-state index is 13.5. The van der Waals surface area contributed by atoms with E-state index in [0.29, 0.717) is 11.0 Å². The lowest BCUT2D eigenvalue weighted by Gasteiger charge is -2.07. The van der Waals surface area contributed by atoms with Crippen molar-refractivity contribution in [2.24, 2.45) is 0 Å². The Morgan fingerprint density at radius 1 is 1.37 bits per heavy atom. The van der Waals surface area contributed by atoms with Crippen LogP contribution in [0, 0.1) is 19.7 Å². The summed E-state index contributed by atoms with van der Waals surface area (Å²) in [6, 6.07) is 3.44. The van der Waals surface area contributed by atoms with Gasteiger partial charge < -0.3 is 5.32 Å². The first-order valence-electron chi connectivity index (χ1n) is 6.12. The molecule has 2 aromatic rings. The lowest BCUT2D eigenvalue weighted by Crippen LogP contribution is -2.10. The fourth-order valence-electron chi connectivity index (χ4n) is 1.88. The van der Waals surface area contributed by atoms with Gasteiger partial charge >= 0.3 is 0 Å². The molecule has 2 heterocycles. The Bertz CT molecular complexity index is 568. The minimum atomic E-state index is -0.347. The van der Waals surface area contributed by atoms with Crippen LogP contribution in [0.2, 0.25) is 0 Å². The van der Waals surface area contributed by atoms with E-state index in [1.165, 1.54) is 6.07 Å². The van der Waals surface area contributed by atoms with Crippen LogP contribution in [0.1, 0.15) is 17.8 Å². The zero-order valence-electron chi connectivity index (χ0n) is 11.0. The molecule has 19 heavy (non-hydrogen) atoms. The quantitative estimate of drug-likeness (QED) is 0.857. The number of aromatic nitrogens is 3. The number of halogens is 2. The summed E-state index contributed by atoms with van der Waals surface area (Å²) in [5.74, 6) is -0.0583. The van der Waals surface area contributed by atoms with Crippen LogP contribution in [-0.4, -0.2) is 21.3 Å². The molecule has 2 rings (SSSR count). The van der Waals surface area contributed by atoms with Crippen LogP contribution in [-0.2, 0) is 6.54 Å². The van der Waals surface area contributed by atoms with Gasteiger partial charge in [0.2, 0.25) is 0 Å². The minimum Gasteiger partial charge on any atom is -0.368 e. The standard InChI is InChI=1S/C13H16BrFN4/c1-9-6-10(2)19(18-9)5-3-4-16-13-12(15)7-11(14)8-17-13/h6-8H,3-5H2,1-2H3,(H,16,17). The molecule has 0 saturated carbocycles. The van der Waals surface area contributed by atoms with Gasteiger partial charge in [-0.25, -0.2) is 9.37 Å². The number of aryl methyl sites for hydroxylation is 3. The van der Waals surface area contributed by atoms with Gasteiger partial charge in [-0.1, -0.05) is 0 Å². The van der Waals surface area contributed by atoms with E-state index in [9.17, 15) is 4.39 Å². The van der Waals surface area contributed by atoms with Crippen LogP contribution in [0.4, 0.5) is 10.2 Å². The molecule has 2 aromatic heterocycles. The number of nitrogens with zero attached hydrogens (tertiary/aromatic N) is 3. The highest BCUT2D eigenvalue weighted by molar-refractivity contribution is 9.10. The van der Waals surface area contributed by atoms with E-state index in [0.717, 1.165) is 24.4 Å². The summed E-state index contributed by atoms with van der Waals surface area (Å²) in [6.45, 7) is 5.47. The normalized spacial score (nSPS) is 10.7. The minimum absolute atomic E-state index is 0.288. The Morgan fingerprint density at radius 2 is 2.16 bits per heavy atom. The third-order valence-electron chi connectivity index (χ3n) is 2.75. The van der Waals surface area contributed by atoms with E-state index in [4.69, 9.17) is 0 Å². The summed E-state index contributed by atoms with van der Waals surface area (Å²) in [4.78, 5) is 3.99. The summed E-state index contributed by atoms with van der Waals surface area (Å²) in [5.41, 5.74) is 2.16. The molecular formula is C13H16BrFN4. The van der Waals surface area contributed by atoms with Crippen molar-refractivity contribution in [2.45, 2.75) is 26.8 Å². The molecule has 0 aromatic carbocycles. The van der Waals surface area contributed by atoms with Crippen molar-refractivity contribution in [3.63, 3.8) is 0 Å². The van der Waals surface area contributed by atoms with Gasteiger partial charge in [0.1, 0.15) is 0 Å². The molecule has 0 bridgehead atoms. The topological polar surface area (TPSA) is 42.7 Å². The Morgan fingerprint density at radius 3 is 2.79 bits per heavy atom. The number of hydrogen-bond donors (Lipinski definition) is 1. The summed E-state index contributed by atoms with van der Waals surface area (Å²) in [5, 5.41) is 7.37. The van der Waals surface area contributed by atoms with Crippen LogP contribution in [0.25, 0.3) is 0 Å². The number of hydrogen-bond acceptors (Lipinski definition) is 3. The van der Waals surface area contributed by atoms with Crippen molar-refractivity contribution in [2.75, 3.05) is 11.9 Å². The molecule has 0 unspecified atom stereocenters. The third-order valence-corrected chi connectivity index (χ3v) is 3.18. The monoisotopic (exact) mass is 326 g/mol. The molecule has 0 spiro atoms. The van der Waals surface area contributed by atoms with Crippen molar-refractivity contribution >= 4 is 21.7 Å². The average molecular weight is 327 g/mol. The molecule has 1 N–H and O–H groups in total. The highest BCUT2D eigenvalue weighted by atomic mass is 79.9. The van der Waals surface area contributed by atoms with Gasteiger partial charge in [-0.05, 0) is 48.3 Å². The zero-order chi connectivity index (χ0) is 13.8. The zero-order valence-corrected chi connectivity index (χ0v) is 12.5. The maximum absolute atomic E-state index is 13.5. The molecule has 0 atom stereocenters. The predicted octanol–water partition coefficient (Wildman–Crippen LogP) is 3.30. The molecule has 0 aliphatic heterocycles. The SMILES string of the molecule is Cc1cc(C)n(CCCNc2ncc(Br)cc2F)n1. The lowest BCUT2D eigenvalue weighted by atomic mass is 10.3. The van der Waals surface area contributed by atoms with Gasteiger partial charge in [0.05, 0.1) is 5.69 Å². The molecule has 0 radical (unpaired) electrons. The number of pyridine rings is 1. The molecule has 4 nitrogen and oxygen atoms in total. The molecule has 0 amide bonds. The Balaban J connectivity index is 1.82. The molecule has 0 fully saturated rings. The van der Waals surface area contributed by atoms with Gasteiger partial charge in [0, 0.05) is 29.5 Å². The summed E-state index contributed by atoms with van der Waals surface area (Å²) < 4.78 is 16.1. The first-order valence-corrected chi connectivity index (χ1v) is 6.91.